The molecular formula is C17H21N3O5S. The molecule has 9 heteroatoms. The molecule has 0 aromatic carbocycles. The van der Waals surface area contributed by atoms with Crippen molar-refractivity contribution in [3.05, 3.63) is 33.5 Å². The van der Waals surface area contributed by atoms with Gasteiger partial charge in [0.25, 0.3) is 5.91 Å². The van der Waals surface area contributed by atoms with Gasteiger partial charge < -0.3 is 14.8 Å². The van der Waals surface area contributed by atoms with Crippen LogP contribution in [0, 0.1) is 13.8 Å². The highest BCUT2D eigenvalue weighted by Crippen LogP contribution is 2.34. The largest absolute Gasteiger partial charge is 0.462 e. The van der Waals surface area contributed by atoms with Gasteiger partial charge >= 0.3 is 11.9 Å². The topological polar surface area (TPSA) is 99.5 Å². The molecular weight excluding hydrogens is 358 g/mol. The first-order valence-electron chi connectivity index (χ1n) is 8.09. The average molecular weight is 379 g/mol. The summed E-state index contributed by atoms with van der Waals surface area (Å²) in [4.78, 5) is 37.3. The van der Waals surface area contributed by atoms with Crippen LogP contribution in [0.1, 0.15) is 55.5 Å². The Balaban J connectivity index is 2.43. The van der Waals surface area contributed by atoms with Crippen LogP contribution in [0.25, 0.3) is 0 Å². The number of thiophene rings is 1. The first-order valence-corrected chi connectivity index (χ1v) is 8.90. The third-order valence-electron chi connectivity index (χ3n) is 3.57. The van der Waals surface area contributed by atoms with Crippen molar-refractivity contribution in [3.63, 3.8) is 0 Å². The number of hydrogen-bond donors (Lipinski definition) is 1. The van der Waals surface area contributed by atoms with Crippen LogP contribution in [-0.4, -0.2) is 40.8 Å². The zero-order chi connectivity index (χ0) is 19.4. The number of carbonyl (C=O) groups is 3. The molecule has 0 saturated heterocycles. The summed E-state index contributed by atoms with van der Waals surface area (Å²) in [5.74, 6) is -1.56. The summed E-state index contributed by atoms with van der Waals surface area (Å²) in [6.45, 7) is 7.11. The third kappa shape index (κ3) is 3.93. The molecule has 0 saturated carbocycles. The van der Waals surface area contributed by atoms with E-state index in [9.17, 15) is 14.4 Å². The normalized spacial score (nSPS) is 10.5. The maximum atomic E-state index is 12.6. The molecule has 0 spiro atoms. The zero-order valence-corrected chi connectivity index (χ0v) is 16.2. The Kier molecular flexibility index (Phi) is 6.14. The number of esters is 2. The molecule has 0 fully saturated rings. The second-order valence-electron chi connectivity index (χ2n) is 5.46. The van der Waals surface area contributed by atoms with E-state index in [4.69, 9.17) is 9.47 Å². The predicted molar refractivity (Wildman–Crippen MR) is 96.9 cm³/mol. The minimum Gasteiger partial charge on any atom is -0.462 e. The molecule has 1 amide bonds. The van der Waals surface area contributed by atoms with Gasteiger partial charge in [-0.1, -0.05) is 0 Å². The van der Waals surface area contributed by atoms with Gasteiger partial charge in [-0.25, -0.2) is 9.59 Å². The number of nitrogens with zero attached hydrogens (tertiary/aromatic N) is 2. The number of rotatable bonds is 6. The Bertz CT molecular complexity index is 853. The van der Waals surface area contributed by atoms with Crippen LogP contribution < -0.4 is 5.32 Å². The lowest BCUT2D eigenvalue weighted by atomic mass is 10.1. The summed E-state index contributed by atoms with van der Waals surface area (Å²) in [5.41, 5.74) is 1.52. The summed E-state index contributed by atoms with van der Waals surface area (Å²) >= 11 is 0.989. The molecule has 8 nitrogen and oxygen atoms in total. The molecule has 0 unspecified atom stereocenters. The standard InChI is InChI=1S/C17H21N3O5S/c1-6-24-16(22)12-9(3)13(17(23)25-7-2)26-15(12)18-14(21)11-8-20(5)19-10(11)4/h8H,6-7H2,1-5H3,(H,18,21). The number of anilines is 1. The van der Waals surface area contributed by atoms with E-state index >= 15 is 0 Å². The Morgan fingerprint density at radius 2 is 1.77 bits per heavy atom. The summed E-state index contributed by atoms with van der Waals surface area (Å²) in [5, 5.41) is 7.07. The second kappa shape index (κ2) is 8.13. The van der Waals surface area contributed by atoms with E-state index in [2.05, 4.69) is 10.4 Å². The summed E-state index contributed by atoms with van der Waals surface area (Å²) in [6, 6.07) is 0. The number of carbonyl (C=O) groups excluding carboxylic acids is 3. The summed E-state index contributed by atoms with van der Waals surface area (Å²) in [7, 11) is 1.71. The fourth-order valence-corrected chi connectivity index (χ4v) is 3.52. The van der Waals surface area contributed by atoms with Gasteiger partial charge in [-0.15, -0.1) is 11.3 Å². The highest BCUT2D eigenvalue weighted by atomic mass is 32.1. The lowest BCUT2D eigenvalue weighted by Gasteiger charge is -2.06. The summed E-state index contributed by atoms with van der Waals surface area (Å²) in [6.07, 6.45) is 1.58. The van der Waals surface area contributed by atoms with E-state index in [-0.39, 0.29) is 28.7 Å². The molecule has 0 aliphatic heterocycles. The van der Waals surface area contributed by atoms with Crippen LogP contribution >= 0.6 is 11.3 Å². The number of aromatic nitrogens is 2. The molecule has 0 atom stereocenters. The first kappa shape index (κ1) is 19.6. The van der Waals surface area contributed by atoms with Gasteiger partial charge in [0, 0.05) is 13.2 Å². The van der Waals surface area contributed by atoms with Gasteiger partial charge in [0.15, 0.2) is 0 Å². The fraction of sp³-hybridized carbons (Fsp3) is 0.412. The van der Waals surface area contributed by atoms with Gasteiger partial charge in [0.05, 0.1) is 30.0 Å². The number of amides is 1. The Morgan fingerprint density at radius 3 is 2.31 bits per heavy atom. The smallest absolute Gasteiger partial charge is 0.348 e. The van der Waals surface area contributed by atoms with E-state index in [1.807, 2.05) is 0 Å². The highest BCUT2D eigenvalue weighted by Gasteiger charge is 2.28. The van der Waals surface area contributed by atoms with Gasteiger partial charge in [-0.05, 0) is 33.3 Å². The molecule has 2 rings (SSSR count). The quantitative estimate of drug-likeness (QED) is 0.775. The van der Waals surface area contributed by atoms with Crippen molar-refractivity contribution in [2.24, 2.45) is 7.05 Å². The lowest BCUT2D eigenvalue weighted by molar-refractivity contribution is 0.0527. The van der Waals surface area contributed by atoms with Crippen molar-refractivity contribution in [2.45, 2.75) is 27.7 Å². The maximum Gasteiger partial charge on any atom is 0.348 e. The van der Waals surface area contributed by atoms with Crippen molar-refractivity contribution in [2.75, 3.05) is 18.5 Å². The predicted octanol–water partition coefficient (Wildman–Crippen LogP) is 2.70. The molecule has 1 N–H and O–H groups in total. The van der Waals surface area contributed by atoms with E-state index in [0.717, 1.165) is 11.3 Å². The molecule has 140 valence electrons. The molecule has 2 aromatic rings. The highest BCUT2D eigenvalue weighted by molar-refractivity contribution is 7.18. The van der Waals surface area contributed by atoms with Crippen molar-refractivity contribution in [1.82, 2.24) is 9.78 Å². The SMILES string of the molecule is CCOC(=O)c1sc(NC(=O)c2cn(C)nc2C)c(C(=O)OCC)c1C. The molecule has 0 aliphatic rings. The van der Waals surface area contributed by atoms with Crippen LogP contribution in [-0.2, 0) is 16.5 Å². The van der Waals surface area contributed by atoms with E-state index < -0.39 is 17.8 Å². The van der Waals surface area contributed by atoms with Gasteiger partial charge in [-0.3, -0.25) is 9.48 Å². The molecule has 2 aromatic heterocycles. The third-order valence-corrected chi connectivity index (χ3v) is 4.76. The number of nitrogens with one attached hydrogen (secondary N) is 1. The Labute approximate surface area is 155 Å². The van der Waals surface area contributed by atoms with Crippen molar-refractivity contribution >= 4 is 34.2 Å². The molecule has 0 bridgehead atoms. The lowest BCUT2D eigenvalue weighted by Crippen LogP contribution is -2.15. The molecule has 0 radical (unpaired) electrons. The fourth-order valence-electron chi connectivity index (χ4n) is 2.43. The average Bonchev–Trinajstić information content (AvgIpc) is 3.07. The van der Waals surface area contributed by atoms with Gasteiger partial charge in [0.1, 0.15) is 9.88 Å². The monoisotopic (exact) mass is 379 g/mol. The number of aryl methyl sites for hydroxylation is 2. The molecule has 0 aliphatic carbocycles. The number of hydrogen-bond acceptors (Lipinski definition) is 7. The minimum atomic E-state index is -0.602. The van der Waals surface area contributed by atoms with Crippen LogP contribution in [0.15, 0.2) is 6.20 Å². The zero-order valence-electron chi connectivity index (χ0n) is 15.3. The second-order valence-corrected chi connectivity index (χ2v) is 6.48. The van der Waals surface area contributed by atoms with Crippen molar-refractivity contribution in [1.29, 1.82) is 0 Å². The first-order chi connectivity index (χ1) is 12.3. The van der Waals surface area contributed by atoms with Crippen LogP contribution in [0.5, 0.6) is 0 Å². The minimum absolute atomic E-state index is 0.162. The van der Waals surface area contributed by atoms with Crippen LogP contribution in [0.3, 0.4) is 0 Å². The Hall–Kier alpha value is -2.68. The van der Waals surface area contributed by atoms with Crippen LogP contribution in [0.2, 0.25) is 0 Å². The summed E-state index contributed by atoms with van der Waals surface area (Å²) < 4.78 is 11.6. The van der Waals surface area contributed by atoms with Crippen molar-refractivity contribution in [3.8, 4) is 0 Å². The molecule has 2 heterocycles. The molecule has 26 heavy (non-hydrogen) atoms. The Morgan fingerprint density at radius 1 is 1.15 bits per heavy atom. The van der Waals surface area contributed by atoms with Gasteiger partial charge in [-0.2, -0.15) is 5.10 Å². The van der Waals surface area contributed by atoms with E-state index in [0.29, 0.717) is 16.8 Å². The maximum absolute atomic E-state index is 12.6. The van der Waals surface area contributed by atoms with E-state index in [1.54, 1.807) is 40.9 Å². The van der Waals surface area contributed by atoms with Crippen molar-refractivity contribution < 1.29 is 23.9 Å². The van der Waals surface area contributed by atoms with E-state index in [1.165, 1.54) is 4.68 Å². The van der Waals surface area contributed by atoms with Gasteiger partial charge in [0.2, 0.25) is 0 Å². The number of ether oxygens (including phenoxy) is 2. The van der Waals surface area contributed by atoms with Crippen LogP contribution in [0.4, 0.5) is 5.00 Å².